The highest BCUT2D eigenvalue weighted by atomic mass is 35.5. The number of anilines is 1. The molecule has 1 N–H and O–H groups in total. The molecule has 0 saturated heterocycles. The maximum atomic E-state index is 10.7. The molecule has 0 fully saturated rings. The largest absolute Gasteiger partial charge is 0.439 e. The second kappa shape index (κ2) is 5.70. The Morgan fingerprint density at radius 2 is 2.10 bits per heavy atom. The van der Waals surface area contributed by atoms with Gasteiger partial charge in [0.25, 0.3) is 5.69 Å². The second-order valence-electron chi connectivity index (χ2n) is 3.89. The molecule has 2 aromatic rings. The number of aromatic nitrogens is 2. The average molecular weight is 295 g/mol. The van der Waals surface area contributed by atoms with E-state index in [1.807, 2.05) is 0 Å². The van der Waals surface area contributed by atoms with Gasteiger partial charge in [0.15, 0.2) is 0 Å². The molecule has 0 saturated carbocycles. The minimum Gasteiger partial charge on any atom is -0.439 e. The Bertz CT molecular complexity index is 663. The van der Waals surface area contributed by atoms with Gasteiger partial charge < -0.3 is 10.1 Å². The van der Waals surface area contributed by atoms with Gasteiger partial charge in [-0.05, 0) is 13.0 Å². The van der Waals surface area contributed by atoms with Crippen LogP contribution < -0.4 is 10.1 Å². The molecule has 0 unspecified atom stereocenters. The van der Waals surface area contributed by atoms with Gasteiger partial charge in [0.05, 0.1) is 4.92 Å². The molecular weight excluding hydrogens is 284 g/mol. The molecule has 7 nitrogen and oxygen atoms in total. The molecule has 0 bridgehead atoms. The van der Waals surface area contributed by atoms with Crippen molar-refractivity contribution in [3.63, 3.8) is 0 Å². The van der Waals surface area contributed by atoms with E-state index in [4.69, 9.17) is 16.3 Å². The minimum absolute atomic E-state index is 0.00659. The number of halogens is 1. The minimum atomic E-state index is -0.555. The zero-order chi connectivity index (χ0) is 14.7. The van der Waals surface area contributed by atoms with Crippen molar-refractivity contribution >= 4 is 23.2 Å². The van der Waals surface area contributed by atoms with E-state index in [-0.39, 0.29) is 10.7 Å². The fraction of sp³-hybridized carbons (Fsp3) is 0.167. The van der Waals surface area contributed by atoms with E-state index in [2.05, 4.69) is 15.3 Å². The molecule has 20 heavy (non-hydrogen) atoms. The van der Waals surface area contributed by atoms with Crippen molar-refractivity contribution < 1.29 is 9.66 Å². The van der Waals surface area contributed by atoms with E-state index >= 15 is 0 Å². The van der Waals surface area contributed by atoms with Crippen LogP contribution in [0.15, 0.2) is 24.3 Å². The Kier molecular flexibility index (Phi) is 3.99. The lowest BCUT2D eigenvalue weighted by Crippen LogP contribution is -1.99. The van der Waals surface area contributed by atoms with E-state index in [9.17, 15) is 10.1 Å². The highest BCUT2D eigenvalue weighted by molar-refractivity contribution is 6.32. The maximum Gasteiger partial charge on any atom is 0.288 e. The van der Waals surface area contributed by atoms with Gasteiger partial charge in [-0.2, -0.15) is 4.98 Å². The summed E-state index contributed by atoms with van der Waals surface area (Å²) in [7, 11) is 1.70. The summed E-state index contributed by atoms with van der Waals surface area (Å²) in [5.74, 6) is 1.11. The summed E-state index contributed by atoms with van der Waals surface area (Å²) in [5, 5.41) is 13.5. The Balaban J connectivity index is 2.28. The van der Waals surface area contributed by atoms with E-state index in [1.54, 1.807) is 20.0 Å². The number of aryl methyl sites for hydroxylation is 1. The van der Waals surface area contributed by atoms with Gasteiger partial charge in [0, 0.05) is 30.9 Å². The Morgan fingerprint density at radius 3 is 2.70 bits per heavy atom. The van der Waals surface area contributed by atoms with E-state index < -0.39 is 4.92 Å². The molecule has 0 radical (unpaired) electrons. The first-order valence-electron chi connectivity index (χ1n) is 5.65. The first-order chi connectivity index (χ1) is 9.49. The van der Waals surface area contributed by atoms with Gasteiger partial charge in [-0.15, -0.1) is 0 Å². The van der Waals surface area contributed by atoms with Crippen molar-refractivity contribution in [3.8, 4) is 11.6 Å². The molecular formula is C12H11ClN4O3. The van der Waals surface area contributed by atoms with E-state index in [0.29, 0.717) is 17.6 Å². The molecule has 0 aliphatic rings. The predicted octanol–water partition coefficient (Wildman–Crippen LogP) is 3.18. The smallest absolute Gasteiger partial charge is 0.288 e. The van der Waals surface area contributed by atoms with Crippen molar-refractivity contribution in [2.45, 2.75) is 6.92 Å². The number of nitrogens with one attached hydrogen (secondary N) is 1. The van der Waals surface area contributed by atoms with Crippen LogP contribution in [0.5, 0.6) is 11.6 Å². The first-order valence-corrected chi connectivity index (χ1v) is 6.02. The molecule has 0 amide bonds. The van der Waals surface area contributed by atoms with Crippen LogP contribution in [0.1, 0.15) is 5.69 Å². The summed E-state index contributed by atoms with van der Waals surface area (Å²) >= 11 is 5.81. The van der Waals surface area contributed by atoms with Crippen LogP contribution >= 0.6 is 11.6 Å². The lowest BCUT2D eigenvalue weighted by molar-refractivity contribution is -0.384. The molecule has 0 aliphatic heterocycles. The maximum absolute atomic E-state index is 10.7. The summed E-state index contributed by atoms with van der Waals surface area (Å²) in [5.41, 5.74) is 0.557. The monoisotopic (exact) mass is 294 g/mol. The van der Waals surface area contributed by atoms with Gasteiger partial charge in [-0.1, -0.05) is 11.6 Å². The summed E-state index contributed by atoms with van der Waals surface area (Å²) in [6.45, 7) is 1.80. The number of nitro benzene ring substituents is 1. The molecule has 0 aliphatic carbocycles. The number of benzene rings is 1. The number of hydrogen-bond donors (Lipinski definition) is 1. The average Bonchev–Trinajstić information content (AvgIpc) is 2.37. The topological polar surface area (TPSA) is 90.2 Å². The molecule has 0 atom stereocenters. The van der Waals surface area contributed by atoms with Crippen LogP contribution in [-0.4, -0.2) is 21.9 Å². The summed E-state index contributed by atoms with van der Waals surface area (Å²) < 4.78 is 5.52. The predicted molar refractivity (Wildman–Crippen MR) is 74.5 cm³/mol. The molecule has 0 spiro atoms. The van der Waals surface area contributed by atoms with E-state index in [1.165, 1.54) is 18.2 Å². The number of ether oxygens (including phenoxy) is 1. The van der Waals surface area contributed by atoms with Crippen LogP contribution in [0.25, 0.3) is 0 Å². The zero-order valence-corrected chi connectivity index (χ0v) is 11.5. The third-order valence-corrected chi connectivity index (χ3v) is 2.70. The summed E-state index contributed by atoms with van der Waals surface area (Å²) in [6.07, 6.45) is 0. The number of nitro groups is 1. The molecule has 2 rings (SSSR count). The number of rotatable bonds is 4. The first kappa shape index (κ1) is 14.0. The quantitative estimate of drug-likeness (QED) is 0.688. The van der Waals surface area contributed by atoms with Crippen molar-refractivity contribution in [1.82, 2.24) is 9.97 Å². The van der Waals surface area contributed by atoms with Gasteiger partial charge in [-0.3, -0.25) is 10.1 Å². The van der Waals surface area contributed by atoms with Gasteiger partial charge >= 0.3 is 0 Å². The Hall–Kier alpha value is -2.41. The van der Waals surface area contributed by atoms with Crippen LogP contribution in [0.2, 0.25) is 5.02 Å². The fourth-order valence-electron chi connectivity index (χ4n) is 1.52. The van der Waals surface area contributed by atoms with Crippen LogP contribution in [-0.2, 0) is 0 Å². The number of nitrogens with zero attached hydrogens (tertiary/aromatic N) is 3. The van der Waals surface area contributed by atoms with Crippen molar-refractivity contribution in [1.29, 1.82) is 0 Å². The summed E-state index contributed by atoms with van der Waals surface area (Å²) in [4.78, 5) is 18.4. The van der Waals surface area contributed by atoms with E-state index in [0.717, 1.165) is 5.69 Å². The zero-order valence-electron chi connectivity index (χ0n) is 10.8. The fourth-order valence-corrected chi connectivity index (χ4v) is 1.76. The third-order valence-electron chi connectivity index (χ3n) is 2.39. The number of hydrogen-bond acceptors (Lipinski definition) is 6. The lowest BCUT2D eigenvalue weighted by Gasteiger charge is -2.07. The Morgan fingerprint density at radius 1 is 1.35 bits per heavy atom. The van der Waals surface area contributed by atoms with Crippen molar-refractivity contribution in [3.05, 3.63) is 45.1 Å². The van der Waals surface area contributed by atoms with Crippen molar-refractivity contribution in [2.24, 2.45) is 0 Å². The van der Waals surface area contributed by atoms with Gasteiger partial charge in [-0.25, -0.2) is 4.98 Å². The molecule has 1 heterocycles. The molecule has 8 heteroatoms. The molecule has 1 aromatic carbocycles. The second-order valence-corrected chi connectivity index (χ2v) is 4.30. The van der Waals surface area contributed by atoms with Crippen LogP contribution in [0.3, 0.4) is 0 Å². The Labute approximate surface area is 119 Å². The highest BCUT2D eigenvalue weighted by Gasteiger charge is 2.13. The highest BCUT2D eigenvalue weighted by Crippen LogP contribution is 2.30. The van der Waals surface area contributed by atoms with Gasteiger partial charge in [0.2, 0.25) is 11.8 Å². The normalized spacial score (nSPS) is 10.2. The standard InChI is InChI=1S/C12H11ClN4O3/c1-7-5-11(16-12(14-2)15-7)20-8-3-4-10(17(18)19)9(13)6-8/h3-6H,1-2H3,(H,14,15,16). The third kappa shape index (κ3) is 3.12. The molecule has 104 valence electrons. The summed E-state index contributed by atoms with van der Waals surface area (Å²) in [6, 6.07) is 5.76. The van der Waals surface area contributed by atoms with Gasteiger partial charge in [0.1, 0.15) is 10.8 Å². The lowest BCUT2D eigenvalue weighted by atomic mass is 10.3. The SMILES string of the molecule is CNc1nc(C)cc(Oc2ccc([N+](=O)[O-])c(Cl)c2)n1. The molecule has 1 aromatic heterocycles. The van der Waals surface area contributed by atoms with Crippen LogP contribution in [0, 0.1) is 17.0 Å². The van der Waals surface area contributed by atoms with Crippen LogP contribution in [0.4, 0.5) is 11.6 Å². The van der Waals surface area contributed by atoms with Crippen molar-refractivity contribution in [2.75, 3.05) is 12.4 Å².